The monoisotopic (exact) mass is 364 g/mol. The van der Waals surface area contributed by atoms with Crippen molar-refractivity contribution in [2.24, 2.45) is 0 Å². The summed E-state index contributed by atoms with van der Waals surface area (Å²) in [7, 11) is -3.56. The van der Waals surface area contributed by atoms with Crippen LogP contribution in [0.1, 0.15) is 36.1 Å². The highest BCUT2D eigenvalue weighted by Crippen LogP contribution is 2.29. The van der Waals surface area contributed by atoms with Crippen LogP contribution in [0.2, 0.25) is 0 Å². The van der Waals surface area contributed by atoms with Gasteiger partial charge in [-0.2, -0.15) is 4.31 Å². The molecular weight excluding hydrogens is 336 g/mol. The van der Waals surface area contributed by atoms with Crippen molar-refractivity contribution < 1.29 is 13.2 Å². The molecule has 0 unspecified atom stereocenters. The van der Waals surface area contributed by atoms with Crippen molar-refractivity contribution in [2.45, 2.75) is 46.4 Å². The predicted octanol–water partition coefficient (Wildman–Crippen LogP) is 2.72. The number of rotatable bonds is 3. The minimum Gasteiger partial charge on any atom is -0.337 e. The maximum Gasteiger partial charge on any atom is 0.246 e. The van der Waals surface area contributed by atoms with Crippen molar-refractivity contribution in [1.82, 2.24) is 9.21 Å². The maximum absolute atomic E-state index is 13.2. The molecule has 138 valence electrons. The van der Waals surface area contributed by atoms with Gasteiger partial charge < -0.3 is 4.90 Å². The zero-order chi connectivity index (χ0) is 18.9. The largest absolute Gasteiger partial charge is 0.337 e. The molecule has 1 aliphatic rings. The van der Waals surface area contributed by atoms with E-state index in [0.29, 0.717) is 31.1 Å². The number of nitrogens with zero attached hydrogens (tertiary/aromatic N) is 2. The third kappa shape index (κ3) is 3.96. The van der Waals surface area contributed by atoms with E-state index < -0.39 is 10.0 Å². The summed E-state index contributed by atoms with van der Waals surface area (Å²) in [6.07, 6.45) is 1.60. The highest BCUT2D eigenvalue weighted by atomic mass is 32.2. The molecule has 6 heteroatoms. The van der Waals surface area contributed by atoms with Gasteiger partial charge in [-0.1, -0.05) is 11.6 Å². The van der Waals surface area contributed by atoms with Gasteiger partial charge in [0.2, 0.25) is 15.9 Å². The standard InChI is InChI=1S/C19H28N2O3S/c1-13(2)11-18(22)20-7-9-21(10-8-20)25(23,24)19-16(5)14(3)12-15(4)17(19)6/h11-12H,7-10H2,1-6H3. The molecule has 0 aromatic heterocycles. The topological polar surface area (TPSA) is 57.7 Å². The molecular formula is C19H28N2O3S. The number of carbonyl (C=O) groups excluding carboxylic acids is 1. The Labute approximate surface area is 151 Å². The number of sulfonamides is 1. The summed E-state index contributed by atoms with van der Waals surface area (Å²) in [6.45, 7) is 12.9. The summed E-state index contributed by atoms with van der Waals surface area (Å²) in [5, 5.41) is 0. The number of hydrogen-bond acceptors (Lipinski definition) is 3. The first-order valence-electron chi connectivity index (χ1n) is 8.57. The smallest absolute Gasteiger partial charge is 0.246 e. The van der Waals surface area contributed by atoms with E-state index in [1.807, 2.05) is 47.6 Å². The minimum absolute atomic E-state index is 0.0455. The molecule has 0 saturated carbocycles. The molecule has 0 radical (unpaired) electrons. The Morgan fingerprint density at radius 2 is 1.44 bits per heavy atom. The lowest BCUT2D eigenvalue weighted by Gasteiger charge is -2.34. The number of allylic oxidation sites excluding steroid dienone is 1. The quantitative estimate of drug-likeness (QED) is 0.775. The first kappa shape index (κ1) is 19.7. The van der Waals surface area contributed by atoms with Crippen molar-refractivity contribution in [3.8, 4) is 0 Å². The molecule has 1 aliphatic heterocycles. The Morgan fingerprint density at radius 1 is 0.960 bits per heavy atom. The second-order valence-corrected chi connectivity index (χ2v) is 8.92. The van der Waals surface area contributed by atoms with Gasteiger partial charge in [-0.3, -0.25) is 4.79 Å². The fourth-order valence-electron chi connectivity index (χ4n) is 3.18. The van der Waals surface area contributed by atoms with Gasteiger partial charge in [0.1, 0.15) is 0 Å². The summed E-state index contributed by atoms with van der Waals surface area (Å²) in [5.41, 5.74) is 4.54. The van der Waals surface area contributed by atoms with Crippen LogP contribution in [0, 0.1) is 27.7 Å². The molecule has 0 bridgehead atoms. The second-order valence-electron chi connectivity index (χ2n) is 7.04. The third-order valence-electron chi connectivity index (χ3n) is 4.86. The molecule has 1 heterocycles. The molecule has 1 fully saturated rings. The van der Waals surface area contributed by atoms with Crippen LogP contribution in [-0.4, -0.2) is 49.7 Å². The summed E-state index contributed by atoms with van der Waals surface area (Å²) in [4.78, 5) is 14.2. The Hall–Kier alpha value is -1.66. The van der Waals surface area contributed by atoms with Gasteiger partial charge in [-0.05, 0) is 63.8 Å². The minimum atomic E-state index is -3.56. The Kier molecular flexibility index (Phi) is 5.74. The van der Waals surface area contributed by atoms with Crippen LogP contribution in [0.4, 0.5) is 0 Å². The van der Waals surface area contributed by atoms with E-state index in [4.69, 9.17) is 0 Å². The van der Waals surface area contributed by atoms with Gasteiger partial charge in [0.05, 0.1) is 4.90 Å². The molecule has 0 atom stereocenters. The van der Waals surface area contributed by atoms with Gasteiger partial charge in [0, 0.05) is 32.3 Å². The number of amides is 1. The number of piperazine rings is 1. The van der Waals surface area contributed by atoms with Gasteiger partial charge in [0.25, 0.3) is 0 Å². The van der Waals surface area contributed by atoms with E-state index in [-0.39, 0.29) is 5.91 Å². The molecule has 1 saturated heterocycles. The molecule has 25 heavy (non-hydrogen) atoms. The van der Waals surface area contributed by atoms with Crippen LogP contribution >= 0.6 is 0 Å². The molecule has 1 aromatic carbocycles. The highest BCUT2D eigenvalue weighted by Gasteiger charge is 2.32. The number of benzene rings is 1. The van der Waals surface area contributed by atoms with Crippen LogP contribution < -0.4 is 0 Å². The number of hydrogen-bond donors (Lipinski definition) is 0. The Bertz CT molecular complexity index is 787. The van der Waals surface area contributed by atoms with Crippen molar-refractivity contribution >= 4 is 15.9 Å². The average molecular weight is 365 g/mol. The summed E-state index contributed by atoms with van der Waals surface area (Å²) in [6, 6.07) is 2.03. The van der Waals surface area contributed by atoms with Crippen LogP contribution in [0.25, 0.3) is 0 Å². The van der Waals surface area contributed by atoms with Crippen LogP contribution in [0.5, 0.6) is 0 Å². The van der Waals surface area contributed by atoms with Crippen molar-refractivity contribution in [1.29, 1.82) is 0 Å². The van der Waals surface area contributed by atoms with E-state index in [9.17, 15) is 13.2 Å². The van der Waals surface area contributed by atoms with E-state index in [1.165, 1.54) is 4.31 Å². The average Bonchev–Trinajstić information content (AvgIpc) is 2.52. The summed E-state index contributed by atoms with van der Waals surface area (Å²) < 4.78 is 27.9. The summed E-state index contributed by atoms with van der Waals surface area (Å²) >= 11 is 0. The van der Waals surface area contributed by atoms with E-state index in [0.717, 1.165) is 27.8 Å². The van der Waals surface area contributed by atoms with E-state index >= 15 is 0 Å². The molecule has 0 spiro atoms. The first-order chi connectivity index (χ1) is 11.6. The zero-order valence-corrected chi connectivity index (χ0v) is 16.8. The molecule has 0 N–H and O–H groups in total. The summed E-state index contributed by atoms with van der Waals surface area (Å²) in [5.74, 6) is -0.0455. The van der Waals surface area contributed by atoms with Gasteiger partial charge in [-0.25, -0.2) is 8.42 Å². The Balaban J connectivity index is 2.27. The van der Waals surface area contributed by atoms with E-state index in [2.05, 4.69) is 0 Å². The van der Waals surface area contributed by atoms with Crippen LogP contribution in [-0.2, 0) is 14.8 Å². The lowest BCUT2D eigenvalue weighted by Crippen LogP contribution is -2.50. The fourth-order valence-corrected chi connectivity index (χ4v) is 5.18. The molecule has 5 nitrogen and oxygen atoms in total. The predicted molar refractivity (Wildman–Crippen MR) is 100 cm³/mol. The van der Waals surface area contributed by atoms with Gasteiger partial charge in [-0.15, -0.1) is 0 Å². The lowest BCUT2D eigenvalue weighted by atomic mass is 10.0. The normalized spacial score (nSPS) is 16.0. The fraction of sp³-hybridized carbons (Fsp3) is 0.526. The second kappa shape index (κ2) is 7.30. The first-order valence-corrected chi connectivity index (χ1v) is 10.0. The van der Waals surface area contributed by atoms with Gasteiger partial charge >= 0.3 is 0 Å². The lowest BCUT2D eigenvalue weighted by molar-refractivity contribution is -0.127. The molecule has 2 rings (SSSR count). The molecule has 1 aromatic rings. The van der Waals surface area contributed by atoms with Crippen LogP contribution in [0.15, 0.2) is 22.6 Å². The highest BCUT2D eigenvalue weighted by molar-refractivity contribution is 7.89. The molecule has 1 amide bonds. The van der Waals surface area contributed by atoms with E-state index in [1.54, 1.807) is 11.0 Å². The Morgan fingerprint density at radius 3 is 1.88 bits per heavy atom. The van der Waals surface area contributed by atoms with Crippen molar-refractivity contribution in [3.05, 3.63) is 40.0 Å². The number of aryl methyl sites for hydroxylation is 2. The third-order valence-corrected chi connectivity index (χ3v) is 7.03. The number of carbonyl (C=O) groups is 1. The SMILES string of the molecule is CC(C)=CC(=O)N1CCN(S(=O)(=O)c2c(C)c(C)cc(C)c2C)CC1. The maximum atomic E-state index is 13.2. The van der Waals surface area contributed by atoms with Crippen LogP contribution in [0.3, 0.4) is 0 Å². The van der Waals surface area contributed by atoms with Crippen molar-refractivity contribution in [2.75, 3.05) is 26.2 Å². The van der Waals surface area contributed by atoms with Gasteiger partial charge in [0.15, 0.2) is 0 Å². The molecule has 0 aliphatic carbocycles. The van der Waals surface area contributed by atoms with Crippen molar-refractivity contribution in [3.63, 3.8) is 0 Å². The zero-order valence-electron chi connectivity index (χ0n) is 16.0.